The molecule has 29 heavy (non-hydrogen) atoms. The van der Waals surface area contributed by atoms with E-state index in [1.807, 2.05) is 70.3 Å². The second-order valence-electron chi connectivity index (χ2n) is 6.59. The lowest BCUT2D eigenvalue weighted by Crippen LogP contribution is -2.30. The lowest BCUT2D eigenvalue weighted by Gasteiger charge is -2.22. The Morgan fingerprint density at radius 2 is 1.59 bits per heavy atom. The summed E-state index contributed by atoms with van der Waals surface area (Å²) in [5.74, 6) is 0.685. The first-order valence-electron chi connectivity index (χ1n) is 9.37. The number of halogens is 1. The molecular formula is C22H21ClN4O2. The van der Waals surface area contributed by atoms with Gasteiger partial charge in [-0.15, -0.1) is 0 Å². The Balaban J connectivity index is 1.99. The second-order valence-corrected chi connectivity index (χ2v) is 7.02. The van der Waals surface area contributed by atoms with Gasteiger partial charge in [0.15, 0.2) is 5.65 Å². The molecule has 2 N–H and O–H groups in total. The number of fused-ring (bicyclic) bond motifs is 1. The highest BCUT2D eigenvalue weighted by atomic mass is 35.5. The number of rotatable bonds is 7. The largest absolute Gasteiger partial charge is 0.395 e. The lowest BCUT2D eigenvalue weighted by atomic mass is 10.1. The number of benzene rings is 2. The van der Waals surface area contributed by atoms with E-state index in [0.717, 1.165) is 27.8 Å². The number of hydrogen-bond acceptors (Lipinski definition) is 5. The molecule has 6 nitrogen and oxygen atoms in total. The zero-order valence-corrected chi connectivity index (χ0v) is 16.5. The molecule has 0 bridgehead atoms. The third-order valence-electron chi connectivity index (χ3n) is 4.79. The molecule has 0 fully saturated rings. The molecule has 0 radical (unpaired) electrons. The number of anilines is 1. The zero-order valence-electron chi connectivity index (χ0n) is 15.7. The molecule has 148 valence electrons. The Kier molecular flexibility index (Phi) is 5.76. The highest BCUT2D eigenvalue weighted by Gasteiger charge is 2.20. The molecule has 0 spiro atoms. The van der Waals surface area contributed by atoms with Gasteiger partial charge in [0, 0.05) is 35.6 Å². The van der Waals surface area contributed by atoms with Gasteiger partial charge in [-0.05, 0) is 29.8 Å². The van der Waals surface area contributed by atoms with Crippen LogP contribution in [0.2, 0.25) is 5.02 Å². The van der Waals surface area contributed by atoms with Crippen molar-refractivity contribution in [3.05, 3.63) is 72.1 Å². The molecule has 4 rings (SSSR count). The standard InChI is InChI=1S/C22H21ClN4O2/c23-17-6-8-18(9-7-17)27-14-19(16-4-2-1-3-5-16)20-21(24-15-25-22(20)27)26(10-12-28)11-13-29/h1-9,14-15,28-29H,10-13H2. The average molecular weight is 409 g/mol. The van der Waals surface area contributed by atoms with Crippen molar-refractivity contribution < 1.29 is 10.2 Å². The minimum atomic E-state index is -0.0376. The van der Waals surface area contributed by atoms with Crippen LogP contribution in [0.3, 0.4) is 0 Å². The van der Waals surface area contributed by atoms with Crippen molar-refractivity contribution in [1.82, 2.24) is 14.5 Å². The van der Waals surface area contributed by atoms with Crippen molar-refractivity contribution in [2.75, 3.05) is 31.2 Å². The Hall–Kier alpha value is -2.93. The van der Waals surface area contributed by atoms with E-state index in [2.05, 4.69) is 9.97 Å². The smallest absolute Gasteiger partial charge is 0.150 e. The van der Waals surface area contributed by atoms with Crippen LogP contribution in [0, 0.1) is 0 Å². The molecule has 0 atom stereocenters. The topological polar surface area (TPSA) is 74.4 Å². The van der Waals surface area contributed by atoms with E-state index in [4.69, 9.17) is 11.6 Å². The monoisotopic (exact) mass is 408 g/mol. The van der Waals surface area contributed by atoms with Gasteiger partial charge >= 0.3 is 0 Å². The number of aliphatic hydroxyl groups is 2. The highest BCUT2D eigenvalue weighted by molar-refractivity contribution is 6.30. The van der Waals surface area contributed by atoms with E-state index in [0.29, 0.717) is 23.9 Å². The highest BCUT2D eigenvalue weighted by Crippen LogP contribution is 2.36. The quantitative estimate of drug-likeness (QED) is 0.489. The Morgan fingerprint density at radius 3 is 2.24 bits per heavy atom. The summed E-state index contributed by atoms with van der Waals surface area (Å²) in [5, 5.41) is 20.6. The van der Waals surface area contributed by atoms with Crippen molar-refractivity contribution in [3.63, 3.8) is 0 Å². The maximum atomic E-state index is 9.51. The third kappa shape index (κ3) is 3.82. The summed E-state index contributed by atoms with van der Waals surface area (Å²) in [4.78, 5) is 10.9. The Labute approximate surface area is 173 Å². The third-order valence-corrected chi connectivity index (χ3v) is 5.04. The minimum absolute atomic E-state index is 0.0376. The number of hydrogen-bond donors (Lipinski definition) is 2. The predicted octanol–water partition coefficient (Wildman–Crippen LogP) is 3.53. The molecule has 2 aromatic carbocycles. The van der Waals surface area contributed by atoms with Gasteiger partial charge in [0.25, 0.3) is 0 Å². The van der Waals surface area contributed by atoms with Gasteiger partial charge in [0.05, 0.1) is 18.6 Å². The summed E-state index contributed by atoms with van der Waals surface area (Å²) in [6.45, 7) is 0.661. The van der Waals surface area contributed by atoms with E-state index in [-0.39, 0.29) is 13.2 Å². The van der Waals surface area contributed by atoms with E-state index < -0.39 is 0 Å². The number of aromatic nitrogens is 3. The molecule has 0 unspecified atom stereocenters. The molecule has 7 heteroatoms. The molecule has 0 amide bonds. The number of nitrogens with zero attached hydrogens (tertiary/aromatic N) is 4. The van der Waals surface area contributed by atoms with Crippen LogP contribution < -0.4 is 4.90 Å². The summed E-state index contributed by atoms with van der Waals surface area (Å²) >= 11 is 6.07. The summed E-state index contributed by atoms with van der Waals surface area (Å²) in [7, 11) is 0. The first-order valence-corrected chi connectivity index (χ1v) is 9.75. The average Bonchev–Trinajstić information content (AvgIpc) is 3.15. The van der Waals surface area contributed by atoms with Crippen LogP contribution in [-0.4, -0.2) is 51.1 Å². The Bertz CT molecular complexity index is 1090. The van der Waals surface area contributed by atoms with Crippen molar-refractivity contribution in [1.29, 1.82) is 0 Å². The SMILES string of the molecule is OCCN(CCO)c1ncnc2c1c(-c1ccccc1)cn2-c1ccc(Cl)cc1. The summed E-state index contributed by atoms with van der Waals surface area (Å²) in [6, 6.07) is 17.6. The molecule has 0 saturated heterocycles. The molecular weight excluding hydrogens is 388 g/mol. The molecule has 0 aliphatic rings. The first kappa shape index (κ1) is 19.4. The van der Waals surface area contributed by atoms with Crippen LogP contribution in [0.15, 0.2) is 67.1 Å². The molecule has 0 aliphatic heterocycles. The van der Waals surface area contributed by atoms with Crippen LogP contribution in [0.4, 0.5) is 5.82 Å². The predicted molar refractivity (Wildman–Crippen MR) is 116 cm³/mol. The fourth-order valence-electron chi connectivity index (χ4n) is 3.49. The van der Waals surface area contributed by atoms with Crippen LogP contribution in [0.1, 0.15) is 0 Å². The normalized spacial score (nSPS) is 11.1. The molecule has 0 saturated carbocycles. The number of aliphatic hydroxyl groups excluding tert-OH is 2. The Morgan fingerprint density at radius 1 is 0.897 bits per heavy atom. The van der Waals surface area contributed by atoms with E-state index in [1.165, 1.54) is 6.33 Å². The summed E-state index contributed by atoms with van der Waals surface area (Å²) in [6.07, 6.45) is 3.55. The van der Waals surface area contributed by atoms with Gasteiger partial charge in [0.2, 0.25) is 0 Å². The second kappa shape index (κ2) is 8.61. The zero-order chi connectivity index (χ0) is 20.2. The minimum Gasteiger partial charge on any atom is -0.395 e. The van der Waals surface area contributed by atoms with Gasteiger partial charge in [-0.1, -0.05) is 41.9 Å². The van der Waals surface area contributed by atoms with Gasteiger partial charge in [-0.25, -0.2) is 9.97 Å². The maximum Gasteiger partial charge on any atom is 0.150 e. The van der Waals surface area contributed by atoms with Crippen molar-refractivity contribution in [2.24, 2.45) is 0 Å². The van der Waals surface area contributed by atoms with E-state index in [1.54, 1.807) is 0 Å². The maximum absolute atomic E-state index is 9.51. The molecule has 4 aromatic rings. The summed E-state index contributed by atoms with van der Waals surface area (Å²) < 4.78 is 2.01. The fraction of sp³-hybridized carbons (Fsp3) is 0.182. The van der Waals surface area contributed by atoms with Gasteiger partial charge < -0.3 is 19.7 Å². The lowest BCUT2D eigenvalue weighted by molar-refractivity contribution is 0.281. The van der Waals surface area contributed by atoms with E-state index in [9.17, 15) is 10.2 Å². The van der Waals surface area contributed by atoms with Crippen LogP contribution >= 0.6 is 11.6 Å². The molecule has 2 aromatic heterocycles. The van der Waals surface area contributed by atoms with Gasteiger partial charge in [0.1, 0.15) is 12.1 Å². The van der Waals surface area contributed by atoms with E-state index >= 15 is 0 Å². The van der Waals surface area contributed by atoms with Crippen LogP contribution in [0.25, 0.3) is 27.8 Å². The van der Waals surface area contributed by atoms with Crippen molar-refractivity contribution in [3.8, 4) is 16.8 Å². The summed E-state index contributed by atoms with van der Waals surface area (Å²) in [5.41, 5.74) is 3.69. The van der Waals surface area contributed by atoms with Crippen molar-refractivity contribution in [2.45, 2.75) is 0 Å². The molecule has 0 aliphatic carbocycles. The van der Waals surface area contributed by atoms with Crippen LogP contribution in [-0.2, 0) is 0 Å². The van der Waals surface area contributed by atoms with Crippen LogP contribution in [0.5, 0.6) is 0 Å². The fourth-order valence-corrected chi connectivity index (χ4v) is 3.61. The molecule has 2 heterocycles. The van der Waals surface area contributed by atoms with Gasteiger partial charge in [-0.2, -0.15) is 0 Å². The van der Waals surface area contributed by atoms with Crippen molar-refractivity contribution >= 4 is 28.5 Å². The van der Waals surface area contributed by atoms with Gasteiger partial charge in [-0.3, -0.25) is 0 Å². The first-order chi connectivity index (χ1) is 14.2.